The minimum atomic E-state index is -0.127. The van der Waals surface area contributed by atoms with Crippen LogP contribution in [-0.2, 0) is 0 Å². The Morgan fingerprint density at radius 1 is 0.357 bits per heavy atom. The Labute approximate surface area is 337 Å². The highest BCUT2D eigenvalue weighted by Gasteiger charge is 2.39. The lowest BCUT2D eigenvalue weighted by molar-refractivity contribution is 0.253. The van der Waals surface area contributed by atoms with E-state index in [0.717, 1.165) is 170 Å². The second kappa shape index (κ2) is 20.2. The summed E-state index contributed by atoms with van der Waals surface area (Å²) < 4.78 is 0. The maximum absolute atomic E-state index is 3.91. The first kappa shape index (κ1) is 42.0. The van der Waals surface area contributed by atoms with Crippen LogP contribution in [0.5, 0.6) is 0 Å². The summed E-state index contributed by atoms with van der Waals surface area (Å²) in [5, 5.41) is 46.1. The number of hydrogen-bond acceptors (Lipinski definition) is 14. The van der Waals surface area contributed by atoms with E-state index in [1.807, 2.05) is 0 Å². The van der Waals surface area contributed by atoms with Crippen LogP contribution in [-0.4, -0.2) is 180 Å². The number of nitrogens with zero attached hydrogens (tertiary/aromatic N) is 2. The number of allylic oxidation sites excluding steroid dienone is 4. The Balaban J connectivity index is 1.20. The van der Waals surface area contributed by atoms with Crippen molar-refractivity contribution in [3.05, 3.63) is 59.2 Å². The van der Waals surface area contributed by atoms with Crippen LogP contribution in [0.2, 0.25) is 0 Å². The quantitative estimate of drug-likeness (QED) is 0.148. The van der Waals surface area contributed by atoms with Gasteiger partial charge in [0.2, 0.25) is 0 Å². The highest BCUT2D eigenvalue weighted by atomic mass is 15.3. The van der Waals surface area contributed by atoms with E-state index in [0.29, 0.717) is 0 Å². The third kappa shape index (κ3) is 10.9. The monoisotopic (exact) mass is 777 g/mol. The summed E-state index contributed by atoms with van der Waals surface area (Å²) in [5.41, 5.74) is 5.48. The third-order valence-electron chi connectivity index (χ3n) is 13.1. The Morgan fingerprint density at radius 2 is 0.589 bits per heavy atom. The second-order valence-corrected chi connectivity index (χ2v) is 18.3. The van der Waals surface area contributed by atoms with E-state index >= 15 is 0 Å². The Hall–Kier alpha value is -2.18. The van der Waals surface area contributed by atoms with Crippen LogP contribution in [0.4, 0.5) is 0 Å². The number of rotatable bonds is 2. The Kier molecular flexibility index (Phi) is 15.1. The van der Waals surface area contributed by atoms with E-state index in [4.69, 9.17) is 0 Å². The van der Waals surface area contributed by atoms with Gasteiger partial charge in [-0.25, -0.2) is 0 Å². The van der Waals surface area contributed by atoms with Crippen LogP contribution in [0.15, 0.2) is 59.2 Å². The first-order valence-corrected chi connectivity index (χ1v) is 22.0. The molecule has 0 aromatic carbocycles. The molecule has 9 aliphatic heterocycles. The van der Waals surface area contributed by atoms with Crippen LogP contribution >= 0.6 is 0 Å². The minimum Gasteiger partial charge on any atom is -0.344 e. The van der Waals surface area contributed by atoms with Gasteiger partial charge in [-0.1, -0.05) is 13.8 Å². The van der Waals surface area contributed by atoms with Crippen molar-refractivity contribution in [1.82, 2.24) is 73.6 Å². The average molecular weight is 777 g/mol. The molecule has 9 aliphatic rings. The molecule has 0 atom stereocenters. The molecule has 0 aliphatic carbocycles. The molecule has 6 saturated heterocycles. The lowest BCUT2D eigenvalue weighted by atomic mass is 9.76. The van der Waals surface area contributed by atoms with Crippen molar-refractivity contribution in [3.8, 4) is 0 Å². The van der Waals surface area contributed by atoms with E-state index in [1.54, 1.807) is 0 Å². The average Bonchev–Trinajstić information content (AvgIpc) is 3.21. The highest BCUT2D eigenvalue weighted by molar-refractivity contribution is 5.50. The topological polar surface area (TPSA) is 151 Å². The molecular formula is C42H76N14. The molecule has 4 bridgehead atoms. The fourth-order valence-corrected chi connectivity index (χ4v) is 9.50. The summed E-state index contributed by atoms with van der Waals surface area (Å²) >= 11 is 0. The van der Waals surface area contributed by atoms with Gasteiger partial charge in [-0.15, -0.1) is 0 Å². The van der Waals surface area contributed by atoms with E-state index in [2.05, 4.69) is 124 Å². The summed E-state index contributed by atoms with van der Waals surface area (Å²) in [7, 11) is 0. The van der Waals surface area contributed by atoms with Crippen LogP contribution in [0.3, 0.4) is 0 Å². The molecule has 9 rings (SSSR count). The number of hydrogen-bond donors (Lipinski definition) is 12. The molecule has 14 nitrogen and oxygen atoms in total. The van der Waals surface area contributed by atoms with Gasteiger partial charge in [-0.2, -0.15) is 0 Å². The van der Waals surface area contributed by atoms with Crippen molar-refractivity contribution < 1.29 is 0 Å². The fraction of sp³-hybridized carbons (Fsp3) is 0.762. The van der Waals surface area contributed by atoms with E-state index in [1.165, 1.54) is 22.5 Å². The van der Waals surface area contributed by atoms with Gasteiger partial charge >= 0.3 is 0 Å². The summed E-state index contributed by atoms with van der Waals surface area (Å²) in [6, 6.07) is 0. The molecule has 14 heteroatoms. The maximum Gasteiger partial charge on any atom is 0.0651 e. The molecular weight excluding hydrogens is 701 g/mol. The molecule has 12 N–H and O–H groups in total. The molecule has 0 amide bonds. The zero-order valence-corrected chi connectivity index (χ0v) is 34.7. The fourth-order valence-electron chi connectivity index (χ4n) is 9.50. The molecule has 314 valence electrons. The largest absolute Gasteiger partial charge is 0.344 e. The Morgan fingerprint density at radius 3 is 0.839 bits per heavy atom. The van der Waals surface area contributed by atoms with Gasteiger partial charge in [0.15, 0.2) is 0 Å². The number of nitrogens with one attached hydrogen (secondary N) is 12. The predicted octanol–water partition coefficient (Wildman–Crippen LogP) is -2.16. The summed E-state index contributed by atoms with van der Waals surface area (Å²) in [6.45, 7) is 29.6. The van der Waals surface area contributed by atoms with Crippen LogP contribution in [0.1, 0.15) is 13.8 Å². The molecule has 0 aromatic heterocycles. The van der Waals surface area contributed by atoms with Crippen molar-refractivity contribution in [2.45, 2.75) is 13.8 Å². The Bertz CT molecular complexity index is 1230. The van der Waals surface area contributed by atoms with Crippen molar-refractivity contribution in [2.24, 2.45) is 21.7 Å². The van der Waals surface area contributed by atoms with Crippen LogP contribution in [0, 0.1) is 21.7 Å². The minimum absolute atomic E-state index is 0.127. The molecule has 0 saturated carbocycles. The molecule has 0 unspecified atom stereocenters. The van der Waals surface area contributed by atoms with E-state index in [9.17, 15) is 0 Å². The van der Waals surface area contributed by atoms with Crippen LogP contribution < -0.4 is 63.8 Å². The van der Waals surface area contributed by atoms with Gasteiger partial charge in [0.25, 0.3) is 0 Å². The van der Waals surface area contributed by atoms with Gasteiger partial charge in [-0.3, -0.25) is 0 Å². The second-order valence-electron chi connectivity index (χ2n) is 18.3. The van der Waals surface area contributed by atoms with Crippen molar-refractivity contribution >= 4 is 0 Å². The zero-order chi connectivity index (χ0) is 38.6. The van der Waals surface area contributed by atoms with E-state index in [-0.39, 0.29) is 21.7 Å². The van der Waals surface area contributed by atoms with Gasteiger partial charge in [0.1, 0.15) is 0 Å². The van der Waals surface area contributed by atoms with Crippen LogP contribution in [0.25, 0.3) is 0 Å². The SMILES string of the molecule is CC12CNCCNCC(C3=CC4=C5C=C(C67CNCCNCC(C)(CNCCNC6)CNCCNC7)C=CN5CCN4C=C3)(CNCCNC1)CNCCNC2. The van der Waals surface area contributed by atoms with Crippen molar-refractivity contribution in [1.29, 1.82) is 0 Å². The van der Waals surface area contributed by atoms with Crippen molar-refractivity contribution in [3.63, 3.8) is 0 Å². The van der Waals surface area contributed by atoms with Gasteiger partial charge in [-0.05, 0) is 35.5 Å². The summed E-state index contributed by atoms with van der Waals surface area (Å²) in [6.07, 6.45) is 14.6. The zero-order valence-electron chi connectivity index (χ0n) is 34.7. The molecule has 6 fully saturated rings. The summed E-state index contributed by atoms with van der Waals surface area (Å²) in [4.78, 5) is 4.97. The van der Waals surface area contributed by atoms with Crippen molar-refractivity contribution in [2.75, 3.05) is 170 Å². The molecule has 56 heavy (non-hydrogen) atoms. The van der Waals surface area contributed by atoms with E-state index < -0.39 is 0 Å². The van der Waals surface area contributed by atoms with Gasteiger partial charge < -0.3 is 73.6 Å². The lowest BCUT2D eigenvalue weighted by Gasteiger charge is -2.44. The normalized spacial score (nSPS) is 35.7. The standard InChI is InChI=1S/C42H76N14/c1-39-23-43-5-11-49-29-41(30-50-12-6-44-24-39,31-51-13-7-45-25-39)35-3-17-55-19-20-56-18-4-36(22-38(56)37(55)21-35)42-32-52-14-8-46-26-40(2,27-47-9-15-53-33-42)28-48-10-16-54-34-42/h3-4,17-18,21-22,43-54H,5-16,19-20,23-34H2,1-2H3. The molecule has 0 spiro atoms. The predicted molar refractivity (Wildman–Crippen MR) is 230 cm³/mol. The summed E-state index contributed by atoms with van der Waals surface area (Å²) in [5.74, 6) is 0. The molecule has 9 heterocycles. The lowest BCUT2D eigenvalue weighted by Crippen LogP contribution is -2.55. The molecule has 0 radical (unpaired) electrons. The maximum atomic E-state index is 3.91. The first-order valence-electron chi connectivity index (χ1n) is 22.0. The third-order valence-corrected chi connectivity index (χ3v) is 13.1. The first-order chi connectivity index (χ1) is 27.4. The smallest absolute Gasteiger partial charge is 0.0651 e. The highest BCUT2D eigenvalue weighted by Crippen LogP contribution is 2.39. The van der Waals surface area contributed by atoms with Gasteiger partial charge in [0, 0.05) is 204 Å². The number of fused-ring (bicyclic) bond motifs is 32. The van der Waals surface area contributed by atoms with Gasteiger partial charge in [0.05, 0.1) is 11.4 Å². The molecule has 0 aromatic rings.